The smallest absolute Gasteiger partial charge is 0.259 e. The molecule has 2 saturated heterocycles. The van der Waals surface area contributed by atoms with Crippen molar-refractivity contribution in [2.24, 2.45) is 22.9 Å². The fourth-order valence-electron chi connectivity index (χ4n) is 5.38. The van der Waals surface area contributed by atoms with Crippen LogP contribution in [-0.4, -0.2) is 83.4 Å². The molecular formula is C28H39N11O3. The number of aromatic hydroxyl groups is 1. The maximum absolute atomic E-state index is 13.1. The molecule has 0 bridgehead atoms. The molecule has 4 atom stereocenters. The molecule has 42 heavy (non-hydrogen) atoms. The van der Waals surface area contributed by atoms with Crippen LogP contribution in [0.3, 0.4) is 0 Å². The maximum Gasteiger partial charge on any atom is 0.259 e. The Kier molecular flexibility index (Phi) is 8.59. The summed E-state index contributed by atoms with van der Waals surface area (Å²) in [5.41, 5.74) is 27.0. The SMILES string of the molecule is COc1ccc(NC(=O)c2ccc(C)cc2O)c(Nc2nc(N3C[C@H](N)C[C@H](N)C3)nc(N3C[C@H](N)C[C@H](N)C3)n2)c1. The number of methoxy groups -OCH3 is 1. The number of carbonyl (C=O) groups is 1. The molecular weight excluding hydrogens is 538 g/mol. The molecule has 14 heteroatoms. The zero-order chi connectivity index (χ0) is 30.0. The van der Waals surface area contributed by atoms with Crippen molar-refractivity contribution < 1.29 is 14.6 Å². The second-order valence-electron chi connectivity index (χ2n) is 11.1. The minimum absolute atomic E-state index is 0.113. The zero-order valence-corrected chi connectivity index (χ0v) is 23.8. The van der Waals surface area contributed by atoms with Crippen molar-refractivity contribution in [3.05, 3.63) is 47.5 Å². The van der Waals surface area contributed by atoms with Gasteiger partial charge in [-0.1, -0.05) is 6.07 Å². The van der Waals surface area contributed by atoms with Gasteiger partial charge >= 0.3 is 0 Å². The fourth-order valence-corrected chi connectivity index (χ4v) is 5.38. The van der Waals surface area contributed by atoms with E-state index >= 15 is 0 Å². The lowest BCUT2D eigenvalue weighted by Gasteiger charge is -2.37. The average molecular weight is 578 g/mol. The molecule has 0 spiro atoms. The number of nitrogens with zero attached hydrogens (tertiary/aromatic N) is 5. The largest absolute Gasteiger partial charge is 0.507 e. The minimum atomic E-state index is -0.481. The van der Waals surface area contributed by atoms with Crippen LogP contribution in [-0.2, 0) is 0 Å². The van der Waals surface area contributed by atoms with E-state index in [1.165, 1.54) is 6.07 Å². The van der Waals surface area contributed by atoms with Crippen molar-refractivity contribution in [3.63, 3.8) is 0 Å². The third-order valence-corrected chi connectivity index (χ3v) is 7.33. The number of amides is 1. The first-order valence-corrected chi connectivity index (χ1v) is 13.9. The van der Waals surface area contributed by atoms with Gasteiger partial charge in [0.1, 0.15) is 11.5 Å². The van der Waals surface area contributed by atoms with E-state index < -0.39 is 5.91 Å². The first-order valence-electron chi connectivity index (χ1n) is 13.9. The van der Waals surface area contributed by atoms with Crippen LogP contribution < -0.4 is 48.1 Å². The van der Waals surface area contributed by atoms with Gasteiger partial charge in [0, 0.05) is 56.4 Å². The van der Waals surface area contributed by atoms with Gasteiger partial charge in [0.05, 0.1) is 24.0 Å². The third kappa shape index (κ3) is 6.79. The number of aryl methyl sites for hydroxylation is 1. The number of hydrogen-bond acceptors (Lipinski definition) is 13. The van der Waals surface area contributed by atoms with Crippen LogP contribution in [0.2, 0.25) is 0 Å². The molecule has 2 aliphatic rings. The van der Waals surface area contributed by atoms with E-state index in [1.807, 2.05) is 16.7 Å². The van der Waals surface area contributed by atoms with Crippen molar-refractivity contribution >= 4 is 35.1 Å². The Morgan fingerprint density at radius 1 is 0.857 bits per heavy atom. The molecule has 2 aliphatic heterocycles. The first-order chi connectivity index (χ1) is 20.1. The van der Waals surface area contributed by atoms with E-state index in [0.29, 0.717) is 68.0 Å². The Labute approximate surface area is 244 Å². The van der Waals surface area contributed by atoms with E-state index in [-0.39, 0.29) is 41.4 Å². The molecule has 0 aliphatic carbocycles. The third-order valence-electron chi connectivity index (χ3n) is 7.33. The van der Waals surface area contributed by atoms with Gasteiger partial charge in [-0.25, -0.2) is 0 Å². The highest BCUT2D eigenvalue weighted by atomic mass is 16.5. The van der Waals surface area contributed by atoms with Crippen LogP contribution in [0.15, 0.2) is 36.4 Å². The standard InChI is InChI=1S/C28H39N11O3/c1-15-3-5-21(24(40)7-15)25(41)33-22-6-4-20(42-2)10-23(22)34-26-35-27(38-11-16(29)8-17(30)12-38)37-28(36-26)39-13-18(31)9-19(32)14-39/h3-7,10,16-19,40H,8-9,11-14,29-32H2,1-2H3,(H,33,41)(H,34,35,36,37)/t16-,17+,18-,19+. The summed E-state index contributed by atoms with van der Waals surface area (Å²) in [7, 11) is 1.55. The lowest BCUT2D eigenvalue weighted by molar-refractivity contribution is 0.102. The molecule has 14 nitrogen and oxygen atoms in total. The van der Waals surface area contributed by atoms with Crippen molar-refractivity contribution in [1.82, 2.24) is 15.0 Å². The highest BCUT2D eigenvalue weighted by Gasteiger charge is 2.29. The van der Waals surface area contributed by atoms with Crippen LogP contribution in [0.5, 0.6) is 11.5 Å². The minimum Gasteiger partial charge on any atom is -0.507 e. The number of nitrogens with one attached hydrogen (secondary N) is 2. The van der Waals surface area contributed by atoms with E-state index in [9.17, 15) is 9.90 Å². The zero-order valence-electron chi connectivity index (χ0n) is 23.8. The summed E-state index contributed by atoms with van der Waals surface area (Å²) in [4.78, 5) is 31.2. The molecule has 0 unspecified atom stereocenters. The number of rotatable bonds is 7. The predicted octanol–water partition coefficient (Wildman–Crippen LogP) is 0.620. The van der Waals surface area contributed by atoms with E-state index in [2.05, 4.69) is 10.6 Å². The lowest BCUT2D eigenvalue weighted by atomic mass is 10.0. The normalized spacial score (nSPS) is 22.5. The molecule has 1 amide bonds. The van der Waals surface area contributed by atoms with Crippen LogP contribution in [0, 0.1) is 6.92 Å². The second-order valence-corrected chi connectivity index (χ2v) is 11.1. The summed E-state index contributed by atoms with van der Waals surface area (Å²) in [6, 6.07) is 9.49. The Bertz CT molecular complexity index is 1370. The quantitative estimate of drug-likeness (QED) is 0.205. The molecule has 224 valence electrons. The van der Waals surface area contributed by atoms with E-state index in [4.69, 9.17) is 42.6 Å². The summed E-state index contributed by atoms with van der Waals surface area (Å²) in [6.45, 7) is 3.99. The highest BCUT2D eigenvalue weighted by Crippen LogP contribution is 2.32. The summed E-state index contributed by atoms with van der Waals surface area (Å²) < 4.78 is 5.44. The van der Waals surface area contributed by atoms with Crippen molar-refractivity contribution in [2.45, 2.75) is 43.9 Å². The maximum atomic E-state index is 13.1. The van der Waals surface area contributed by atoms with Crippen molar-refractivity contribution in [3.8, 4) is 11.5 Å². The summed E-state index contributed by atoms with van der Waals surface area (Å²) in [6.07, 6.45) is 1.41. The molecule has 0 radical (unpaired) electrons. The molecule has 1 aromatic heterocycles. The van der Waals surface area contributed by atoms with Gasteiger partial charge in [-0.2, -0.15) is 15.0 Å². The van der Waals surface area contributed by atoms with Gasteiger partial charge in [-0.3, -0.25) is 4.79 Å². The van der Waals surface area contributed by atoms with Gasteiger partial charge in [-0.15, -0.1) is 0 Å². The number of phenolic OH excluding ortho intramolecular Hbond substituents is 1. The van der Waals surface area contributed by atoms with Gasteiger partial charge in [0.2, 0.25) is 17.8 Å². The summed E-state index contributed by atoms with van der Waals surface area (Å²) in [5.74, 6) is 1.02. The van der Waals surface area contributed by atoms with E-state index in [0.717, 1.165) is 5.56 Å². The van der Waals surface area contributed by atoms with Gasteiger partial charge in [0.25, 0.3) is 5.91 Å². The first kappa shape index (κ1) is 29.3. The number of ether oxygens (including phenoxy) is 1. The molecule has 2 aromatic carbocycles. The molecule has 5 rings (SSSR count). The topological polar surface area (TPSA) is 220 Å². The molecule has 3 heterocycles. The number of hydrogen-bond donors (Lipinski definition) is 7. The highest BCUT2D eigenvalue weighted by molar-refractivity contribution is 6.07. The monoisotopic (exact) mass is 577 g/mol. The number of anilines is 5. The molecule has 0 saturated carbocycles. The van der Waals surface area contributed by atoms with Crippen molar-refractivity contribution in [1.29, 1.82) is 0 Å². The molecule has 11 N–H and O–H groups in total. The van der Waals surface area contributed by atoms with Gasteiger partial charge in [0.15, 0.2) is 0 Å². The van der Waals surface area contributed by atoms with Crippen molar-refractivity contribution in [2.75, 3.05) is 53.7 Å². The van der Waals surface area contributed by atoms with Crippen LogP contribution in [0.1, 0.15) is 28.8 Å². The van der Waals surface area contributed by atoms with Gasteiger partial charge in [-0.05, 0) is 49.6 Å². The number of aromatic nitrogens is 3. The lowest BCUT2D eigenvalue weighted by Crippen LogP contribution is -2.54. The fraction of sp³-hybridized carbons (Fsp3) is 0.429. The Hall–Kier alpha value is -4.24. The van der Waals surface area contributed by atoms with Gasteiger partial charge < -0.3 is 53.2 Å². The summed E-state index contributed by atoms with van der Waals surface area (Å²) in [5, 5.41) is 16.4. The second kappa shape index (κ2) is 12.3. The number of benzene rings is 2. The predicted molar refractivity (Wildman–Crippen MR) is 162 cm³/mol. The number of carbonyl (C=O) groups excluding carboxylic acids is 1. The Balaban J connectivity index is 1.50. The van der Waals surface area contributed by atoms with Crippen LogP contribution in [0.4, 0.5) is 29.2 Å². The number of nitrogens with two attached hydrogens (primary N) is 4. The van der Waals surface area contributed by atoms with E-state index in [1.54, 1.807) is 37.4 Å². The Morgan fingerprint density at radius 2 is 1.43 bits per heavy atom. The average Bonchev–Trinajstić information content (AvgIpc) is 2.92. The number of piperidine rings is 2. The van der Waals surface area contributed by atoms with Crippen LogP contribution >= 0.6 is 0 Å². The number of phenols is 1. The molecule has 2 fully saturated rings. The van der Waals surface area contributed by atoms with Crippen LogP contribution in [0.25, 0.3) is 0 Å². The summed E-state index contributed by atoms with van der Waals surface area (Å²) >= 11 is 0. The molecule has 3 aromatic rings. The Morgan fingerprint density at radius 3 is 1.95 bits per heavy atom.